The van der Waals surface area contributed by atoms with E-state index in [1.165, 1.54) is 0 Å². The summed E-state index contributed by atoms with van der Waals surface area (Å²) in [6.07, 6.45) is 0. The minimum Gasteiger partial charge on any atom is -0.437 e. The molecule has 0 amide bonds. The molecule has 0 aliphatic carbocycles. The van der Waals surface area contributed by atoms with E-state index in [1.54, 1.807) is 6.07 Å². The molecule has 0 radical (unpaired) electrons. The van der Waals surface area contributed by atoms with Crippen LogP contribution in [0.1, 0.15) is 30.9 Å². The predicted molar refractivity (Wildman–Crippen MR) is 87.4 cm³/mol. The quantitative estimate of drug-likeness (QED) is 0.620. The molecular weight excluding hydrogens is 309 g/mol. The van der Waals surface area contributed by atoms with Gasteiger partial charge in [-0.1, -0.05) is 49.2 Å². The molecule has 0 spiro atoms. The molecule has 6 heteroatoms. The van der Waals surface area contributed by atoms with Crippen molar-refractivity contribution in [2.24, 2.45) is 5.84 Å². The predicted octanol–water partition coefficient (Wildman–Crippen LogP) is 4.90. The summed E-state index contributed by atoms with van der Waals surface area (Å²) >= 11 is 12.1. The maximum Gasteiger partial charge on any atom is 0.240 e. The zero-order chi connectivity index (χ0) is 15.6. The number of aryl methyl sites for hydroxylation is 1. The summed E-state index contributed by atoms with van der Waals surface area (Å²) < 4.78 is 5.88. The highest BCUT2D eigenvalue weighted by Crippen LogP contribution is 2.36. The molecule has 4 nitrogen and oxygen atoms in total. The number of hydrogen-bond acceptors (Lipinski definition) is 4. The molecule has 112 valence electrons. The summed E-state index contributed by atoms with van der Waals surface area (Å²) in [5.41, 5.74) is 4.59. The van der Waals surface area contributed by atoms with Crippen LogP contribution in [0, 0.1) is 6.92 Å². The van der Waals surface area contributed by atoms with Gasteiger partial charge in [-0.15, -0.1) is 0 Å². The van der Waals surface area contributed by atoms with Gasteiger partial charge >= 0.3 is 0 Å². The molecule has 1 aromatic heterocycles. The van der Waals surface area contributed by atoms with Crippen LogP contribution >= 0.6 is 23.2 Å². The molecule has 0 fully saturated rings. The lowest BCUT2D eigenvalue weighted by molar-refractivity contribution is 0.455. The van der Waals surface area contributed by atoms with Gasteiger partial charge in [0.2, 0.25) is 5.88 Å². The molecule has 0 atom stereocenters. The maximum absolute atomic E-state index is 6.14. The zero-order valence-electron chi connectivity index (χ0n) is 12.1. The molecule has 0 aliphatic heterocycles. The van der Waals surface area contributed by atoms with Crippen molar-refractivity contribution >= 4 is 29.0 Å². The van der Waals surface area contributed by atoms with Gasteiger partial charge < -0.3 is 10.2 Å². The molecule has 21 heavy (non-hydrogen) atoms. The third kappa shape index (κ3) is 3.59. The molecule has 0 bridgehead atoms. The van der Waals surface area contributed by atoms with Crippen molar-refractivity contribution < 1.29 is 4.74 Å². The van der Waals surface area contributed by atoms with Crippen molar-refractivity contribution in [3.8, 4) is 11.6 Å². The monoisotopic (exact) mass is 325 g/mol. The van der Waals surface area contributed by atoms with Crippen molar-refractivity contribution in [3.63, 3.8) is 0 Å². The molecule has 2 rings (SSSR count). The fraction of sp³-hybridized carbons (Fsp3) is 0.267. The summed E-state index contributed by atoms with van der Waals surface area (Å²) in [4.78, 5) is 4.19. The fourth-order valence-corrected chi connectivity index (χ4v) is 2.39. The third-order valence-electron chi connectivity index (χ3n) is 3.03. The van der Waals surface area contributed by atoms with Crippen LogP contribution in [0.25, 0.3) is 0 Å². The van der Waals surface area contributed by atoms with Gasteiger partial charge in [-0.05, 0) is 36.1 Å². The molecule has 1 aromatic carbocycles. The average Bonchev–Trinajstić information content (AvgIpc) is 2.41. The molecule has 0 aliphatic rings. The lowest BCUT2D eigenvalue weighted by Crippen LogP contribution is -2.09. The minimum absolute atomic E-state index is 0.265. The van der Waals surface area contributed by atoms with E-state index in [2.05, 4.69) is 24.3 Å². The van der Waals surface area contributed by atoms with Gasteiger partial charge in [-0.25, -0.2) is 5.84 Å². The van der Waals surface area contributed by atoms with Gasteiger partial charge in [0.15, 0.2) is 5.82 Å². The number of halogens is 2. The number of hydrogen-bond donors (Lipinski definition) is 2. The summed E-state index contributed by atoms with van der Waals surface area (Å²) in [5, 5.41) is 0.665. The number of benzene rings is 1. The SMILES string of the molecule is Cc1ccc(C(C)C)c(Oc2nc(NN)c(Cl)cc2Cl)c1. The normalized spacial score (nSPS) is 10.8. The Hall–Kier alpha value is -1.49. The van der Waals surface area contributed by atoms with Gasteiger partial charge in [0.05, 0.1) is 5.02 Å². The van der Waals surface area contributed by atoms with Gasteiger partial charge in [-0.2, -0.15) is 4.98 Å². The van der Waals surface area contributed by atoms with Crippen LogP contribution in [0.4, 0.5) is 5.82 Å². The second-order valence-corrected chi connectivity index (χ2v) is 5.86. The Bertz CT molecular complexity index is 660. The Balaban J connectivity index is 2.45. The Morgan fingerprint density at radius 1 is 1.19 bits per heavy atom. The molecule has 0 unspecified atom stereocenters. The summed E-state index contributed by atoms with van der Waals surface area (Å²) in [7, 11) is 0. The first-order valence-electron chi connectivity index (χ1n) is 6.53. The Kier molecular flexibility index (Phi) is 4.93. The number of rotatable bonds is 4. The highest BCUT2D eigenvalue weighted by Gasteiger charge is 2.14. The molecule has 0 saturated heterocycles. The van der Waals surface area contributed by atoms with Crippen LogP contribution in [0.15, 0.2) is 24.3 Å². The van der Waals surface area contributed by atoms with Crippen molar-refractivity contribution in [1.82, 2.24) is 4.98 Å². The molecule has 3 N–H and O–H groups in total. The van der Waals surface area contributed by atoms with Gasteiger partial charge in [0.1, 0.15) is 10.8 Å². The molecule has 2 aromatic rings. The van der Waals surface area contributed by atoms with Crippen LogP contribution in [0.3, 0.4) is 0 Å². The number of hydrazine groups is 1. The third-order valence-corrected chi connectivity index (χ3v) is 3.59. The standard InChI is InChI=1S/C15H17Cl2N3O/c1-8(2)10-5-4-9(3)6-13(10)21-15-12(17)7-11(16)14(19-15)20-18/h4-8H,18H2,1-3H3,(H,19,20). The van der Waals surface area contributed by atoms with Crippen LogP contribution in [0.2, 0.25) is 10.0 Å². The van der Waals surface area contributed by atoms with Crippen molar-refractivity contribution in [2.45, 2.75) is 26.7 Å². The van der Waals surface area contributed by atoms with E-state index in [4.69, 9.17) is 33.8 Å². The highest BCUT2D eigenvalue weighted by atomic mass is 35.5. The van der Waals surface area contributed by atoms with E-state index in [1.807, 2.05) is 25.1 Å². The first-order valence-corrected chi connectivity index (χ1v) is 7.29. The van der Waals surface area contributed by atoms with Gasteiger partial charge in [-0.3, -0.25) is 0 Å². The van der Waals surface area contributed by atoms with Crippen LogP contribution in [0.5, 0.6) is 11.6 Å². The average molecular weight is 326 g/mol. The Morgan fingerprint density at radius 2 is 1.90 bits per heavy atom. The first-order chi connectivity index (χ1) is 9.92. The van der Waals surface area contributed by atoms with Crippen molar-refractivity contribution in [3.05, 3.63) is 45.4 Å². The number of nitrogen functional groups attached to an aromatic ring is 1. The van der Waals surface area contributed by atoms with Gasteiger partial charge in [0.25, 0.3) is 0 Å². The van der Waals surface area contributed by atoms with E-state index in [0.717, 1.165) is 16.9 Å². The second-order valence-electron chi connectivity index (χ2n) is 5.05. The zero-order valence-corrected chi connectivity index (χ0v) is 13.6. The topological polar surface area (TPSA) is 60.2 Å². The largest absolute Gasteiger partial charge is 0.437 e. The Labute approximate surface area is 134 Å². The smallest absolute Gasteiger partial charge is 0.240 e. The number of aromatic nitrogens is 1. The lowest BCUT2D eigenvalue weighted by atomic mass is 10.0. The van der Waals surface area contributed by atoms with Crippen LogP contribution < -0.4 is 16.0 Å². The highest BCUT2D eigenvalue weighted by molar-refractivity contribution is 6.36. The summed E-state index contributed by atoms with van der Waals surface area (Å²) in [6, 6.07) is 7.59. The van der Waals surface area contributed by atoms with Crippen molar-refractivity contribution in [1.29, 1.82) is 0 Å². The summed E-state index contributed by atoms with van der Waals surface area (Å²) in [5.74, 6) is 6.99. The van der Waals surface area contributed by atoms with E-state index in [0.29, 0.717) is 21.8 Å². The van der Waals surface area contributed by atoms with E-state index < -0.39 is 0 Å². The Morgan fingerprint density at radius 3 is 2.52 bits per heavy atom. The lowest BCUT2D eigenvalue weighted by Gasteiger charge is -2.15. The molecular formula is C15H17Cl2N3O. The van der Waals surface area contributed by atoms with E-state index in [9.17, 15) is 0 Å². The number of nitrogens with zero attached hydrogens (tertiary/aromatic N) is 1. The number of nitrogens with two attached hydrogens (primary N) is 1. The first kappa shape index (κ1) is 15.9. The fourth-order valence-electron chi connectivity index (χ4n) is 1.93. The number of pyridine rings is 1. The van der Waals surface area contributed by atoms with Crippen LogP contribution in [-0.4, -0.2) is 4.98 Å². The van der Waals surface area contributed by atoms with E-state index in [-0.39, 0.29) is 5.88 Å². The van der Waals surface area contributed by atoms with Gasteiger partial charge in [0, 0.05) is 0 Å². The number of anilines is 1. The van der Waals surface area contributed by atoms with Crippen molar-refractivity contribution in [2.75, 3.05) is 5.43 Å². The second kappa shape index (κ2) is 6.52. The maximum atomic E-state index is 6.14. The minimum atomic E-state index is 0.265. The summed E-state index contributed by atoms with van der Waals surface area (Å²) in [6.45, 7) is 6.20. The number of nitrogens with one attached hydrogen (secondary N) is 1. The molecule has 1 heterocycles. The number of ether oxygens (including phenoxy) is 1. The van der Waals surface area contributed by atoms with E-state index >= 15 is 0 Å². The van der Waals surface area contributed by atoms with Crippen LogP contribution in [-0.2, 0) is 0 Å². The molecule has 0 saturated carbocycles.